The minimum absolute atomic E-state index is 0.375. The van der Waals surface area contributed by atoms with E-state index in [2.05, 4.69) is 16.8 Å². The number of rotatable bonds is 3. The molecule has 1 fully saturated rings. The predicted octanol–water partition coefficient (Wildman–Crippen LogP) is 2.16. The smallest absolute Gasteiger partial charge is 0.239 e. The lowest BCUT2D eigenvalue weighted by molar-refractivity contribution is -0.776. The first kappa shape index (κ1) is 30.1. The van der Waals surface area contributed by atoms with Crippen molar-refractivity contribution in [1.82, 2.24) is 4.90 Å². The van der Waals surface area contributed by atoms with E-state index in [0.29, 0.717) is 11.5 Å². The molecule has 1 aromatic carbocycles. The van der Waals surface area contributed by atoms with Gasteiger partial charge in [0.2, 0.25) is 12.0 Å². The Balaban J connectivity index is -0.000000296. The summed E-state index contributed by atoms with van der Waals surface area (Å²) in [4.78, 5) is 24.5. The standard InChI is InChI=1S/C8H10O.C5H11NO.C2H6NO2.C2H3N.CH3NO2/c1-9-7-8-5-3-2-4-6-8;1-6-2-4-7-5-3-6;1-3(4)5-2;1-2-3;1-2(3)4/h2-6H,7H2,1H3;2-5H2,1H3;1-2H3;1H3;1H3/q;;+1;;. The average Bonchev–Trinajstić information content (AvgIpc) is 2.65. The van der Waals surface area contributed by atoms with Gasteiger partial charge in [0.05, 0.1) is 30.8 Å². The Kier molecular flexibility index (Phi) is 26.2. The Morgan fingerprint density at radius 2 is 1.57 bits per heavy atom. The number of ether oxygens (including phenoxy) is 2. The highest BCUT2D eigenvalue weighted by atomic mass is 16.7. The number of benzene rings is 1. The molecule has 28 heavy (non-hydrogen) atoms. The van der Waals surface area contributed by atoms with Crippen molar-refractivity contribution in [3.63, 3.8) is 0 Å². The van der Waals surface area contributed by atoms with Crippen LogP contribution in [0.4, 0.5) is 0 Å². The fraction of sp³-hybridized carbons (Fsp3) is 0.611. The van der Waals surface area contributed by atoms with Crippen molar-refractivity contribution in [2.75, 3.05) is 61.7 Å². The summed E-state index contributed by atoms with van der Waals surface area (Å²) in [5.41, 5.74) is 1.22. The van der Waals surface area contributed by atoms with Gasteiger partial charge in [-0.25, -0.2) is 4.84 Å². The summed E-state index contributed by atoms with van der Waals surface area (Å²) in [7, 11) is 7.29. The normalized spacial score (nSPS) is 11.8. The van der Waals surface area contributed by atoms with Gasteiger partial charge in [-0.3, -0.25) is 10.1 Å². The molecule has 10 heteroatoms. The van der Waals surface area contributed by atoms with E-state index in [0.717, 1.165) is 33.4 Å². The molecule has 1 heterocycles. The van der Waals surface area contributed by atoms with Gasteiger partial charge in [-0.1, -0.05) is 30.3 Å². The molecule has 1 aliphatic heterocycles. The van der Waals surface area contributed by atoms with E-state index >= 15 is 0 Å². The zero-order valence-corrected chi connectivity index (χ0v) is 17.7. The molecule has 0 aromatic heterocycles. The Morgan fingerprint density at radius 3 is 1.82 bits per heavy atom. The molecule has 1 aromatic rings. The van der Waals surface area contributed by atoms with Crippen LogP contribution >= 0.6 is 0 Å². The second-order valence-electron chi connectivity index (χ2n) is 5.12. The summed E-state index contributed by atoms with van der Waals surface area (Å²) in [6.07, 6.45) is 0. The SMILES string of the molecule is CC#N.CN1CCOCC1.COCc1ccccc1.CO[N+](C)=O.C[N+](=O)[O-]. The molecule has 0 spiro atoms. The van der Waals surface area contributed by atoms with Gasteiger partial charge >= 0.3 is 0 Å². The number of morpholine rings is 1. The first-order valence-electron chi connectivity index (χ1n) is 8.37. The van der Waals surface area contributed by atoms with Crippen LogP contribution in [-0.4, -0.2) is 76.4 Å². The maximum absolute atomic E-state index is 9.51. The van der Waals surface area contributed by atoms with Crippen molar-refractivity contribution in [1.29, 1.82) is 5.26 Å². The highest BCUT2D eigenvalue weighted by Crippen LogP contribution is 1.98. The molecule has 1 aliphatic rings. The van der Waals surface area contributed by atoms with Gasteiger partial charge in [0, 0.05) is 32.0 Å². The summed E-state index contributed by atoms with van der Waals surface area (Å²) in [6.45, 7) is 6.16. The third-order valence-electron chi connectivity index (χ3n) is 2.65. The van der Waals surface area contributed by atoms with E-state index in [1.54, 1.807) is 13.2 Å². The number of methoxy groups -OCH3 is 1. The highest BCUT2D eigenvalue weighted by Gasteiger charge is 2.02. The van der Waals surface area contributed by atoms with Gasteiger partial charge in [-0.2, -0.15) is 5.26 Å². The van der Waals surface area contributed by atoms with Crippen molar-refractivity contribution in [2.24, 2.45) is 0 Å². The van der Waals surface area contributed by atoms with E-state index in [9.17, 15) is 4.91 Å². The van der Waals surface area contributed by atoms with Gasteiger partial charge < -0.3 is 14.4 Å². The number of nitriles is 1. The topological polar surface area (TPSA) is 118 Å². The maximum Gasteiger partial charge on any atom is 0.239 e. The van der Waals surface area contributed by atoms with E-state index in [1.807, 2.05) is 30.3 Å². The fourth-order valence-electron chi connectivity index (χ4n) is 1.40. The number of nitrogens with zero attached hydrogens (tertiary/aromatic N) is 4. The van der Waals surface area contributed by atoms with Crippen LogP contribution < -0.4 is 0 Å². The van der Waals surface area contributed by atoms with Crippen LogP contribution in [0.25, 0.3) is 0 Å². The van der Waals surface area contributed by atoms with E-state index < -0.39 is 4.92 Å². The van der Waals surface area contributed by atoms with Crippen molar-refractivity contribution < 1.29 is 24.2 Å². The number of nitro groups is 1. The molecular weight excluding hydrogens is 368 g/mol. The Morgan fingerprint density at radius 1 is 1.18 bits per heavy atom. The number of likely N-dealkylation sites (N-methyl/N-ethyl adjacent to an activating group) is 1. The molecule has 10 nitrogen and oxygen atoms in total. The molecule has 160 valence electrons. The minimum Gasteiger partial charge on any atom is -0.380 e. The van der Waals surface area contributed by atoms with Crippen molar-refractivity contribution in [2.45, 2.75) is 13.5 Å². The van der Waals surface area contributed by atoms with Gasteiger partial charge in [0.25, 0.3) is 0 Å². The van der Waals surface area contributed by atoms with E-state index in [-0.39, 0.29) is 0 Å². The first-order valence-corrected chi connectivity index (χ1v) is 8.37. The summed E-state index contributed by atoms with van der Waals surface area (Å²) in [6, 6.07) is 11.9. The first-order chi connectivity index (χ1) is 13.2. The molecule has 0 bridgehead atoms. The zero-order valence-electron chi connectivity index (χ0n) is 17.7. The van der Waals surface area contributed by atoms with Crippen LogP contribution in [0.3, 0.4) is 0 Å². The molecule has 0 amide bonds. The van der Waals surface area contributed by atoms with Gasteiger partial charge in [0.1, 0.15) is 0 Å². The van der Waals surface area contributed by atoms with Crippen LogP contribution in [0.15, 0.2) is 30.3 Å². The molecule has 1 saturated heterocycles. The number of hydrogen-bond donors (Lipinski definition) is 0. The van der Waals surface area contributed by atoms with E-state index in [4.69, 9.17) is 24.8 Å². The van der Waals surface area contributed by atoms with Crippen LogP contribution in [0.2, 0.25) is 0 Å². The molecule has 0 N–H and O–H groups in total. The third kappa shape index (κ3) is 34.7. The summed E-state index contributed by atoms with van der Waals surface area (Å²) in [5, 5.41) is 16.1. The van der Waals surface area contributed by atoms with Crippen LogP contribution in [0, 0.1) is 26.4 Å². The predicted molar refractivity (Wildman–Crippen MR) is 106 cm³/mol. The van der Waals surface area contributed by atoms with Crippen molar-refractivity contribution in [3.05, 3.63) is 50.9 Å². The monoisotopic (exact) mass is 401 g/mol. The largest absolute Gasteiger partial charge is 0.380 e. The number of hydrogen-bond acceptors (Lipinski definition) is 8. The Hall–Kier alpha value is -2.61. The van der Waals surface area contributed by atoms with Crippen LogP contribution in [0.1, 0.15) is 12.5 Å². The van der Waals surface area contributed by atoms with E-state index in [1.165, 1.54) is 26.6 Å². The minimum atomic E-state index is -0.500. The second kappa shape index (κ2) is 24.4. The lowest BCUT2D eigenvalue weighted by atomic mass is 10.2. The summed E-state index contributed by atoms with van der Waals surface area (Å²) in [5.74, 6) is 0. The molecule has 0 radical (unpaired) electrons. The highest BCUT2D eigenvalue weighted by molar-refractivity contribution is 5.13. The Bertz CT molecular complexity index is 513. The van der Waals surface area contributed by atoms with Crippen LogP contribution in [-0.2, 0) is 20.9 Å². The molecule has 0 aliphatic carbocycles. The van der Waals surface area contributed by atoms with Crippen LogP contribution in [0.5, 0.6) is 0 Å². The quantitative estimate of drug-likeness (QED) is 0.558. The van der Waals surface area contributed by atoms with Gasteiger partial charge in [-0.05, 0) is 12.6 Å². The van der Waals surface area contributed by atoms with Gasteiger partial charge in [-0.15, -0.1) is 0 Å². The Labute approximate surface area is 167 Å². The van der Waals surface area contributed by atoms with Gasteiger partial charge in [0.15, 0.2) is 14.2 Å². The molecule has 2 rings (SSSR count). The van der Waals surface area contributed by atoms with Crippen molar-refractivity contribution in [3.8, 4) is 6.07 Å². The lowest BCUT2D eigenvalue weighted by Gasteiger charge is -2.21. The lowest BCUT2D eigenvalue weighted by Crippen LogP contribution is -2.32. The van der Waals surface area contributed by atoms with Crippen molar-refractivity contribution >= 4 is 0 Å². The zero-order chi connectivity index (χ0) is 22.2. The summed E-state index contributed by atoms with van der Waals surface area (Å²) >= 11 is 0. The third-order valence-corrected chi connectivity index (χ3v) is 2.65. The maximum atomic E-state index is 9.51. The molecule has 0 unspecified atom stereocenters. The molecule has 0 atom stereocenters. The summed E-state index contributed by atoms with van der Waals surface area (Å²) < 4.78 is 10.0. The fourth-order valence-corrected chi connectivity index (χ4v) is 1.40. The second-order valence-corrected chi connectivity index (χ2v) is 5.12. The molecular formula is C18H33N4O6+. The molecule has 0 saturated carbocycles. The average molecular weight is 401 g/mol.